The largest absolute Gasteiger partial charge is 0.497 e. The standard InChI is InChI=1S/C12H16N2OS/c1-4-9(2)13-12(16)14-10-5-7-11(15-3)8-6-10/h4-9H,1H2,2-3H3,(H2,13,14,16). The lowest BCUT2D eigenvalue weighted by atomic mass is 10.3. The maximum absolute atomic E-state index is 5.14. The van der Waals surface area contributed by atoms with Crippen LogP contribution in [0.4, 0.5) is 5.69 Å². The normalized spacial score (nSPS) is 11.4. The van der Waals surface area contributed by atoms with Crippen LogP contribution in [0.15, 0.2) is 36.9 Å². The Hall–Kier alpha value is -1.55. The van der Waals surface area contributed by atoms with Crippen molar-refractivity contribution in [2.75, 3.05) is 12.4 Å². The molecular formula is C12H16N2OS. The third-order valence-electron chi connectivity index (χ3n) is 2.06. The summed E-state index contributed by atoms with van der Waals surface area (Å²) in [5.74, 6) is 0.823. The molecule has 1 aromatic carbocycles. The van der Waals surface area contributed by atoms with Crippen molar-refractivity contribution >= 4 is 23.0 Å². The molecule has 0 aliphatic carbocycles. The van der Waals surface area contributed by atoms with Crippen molar-refractivity contribution < 1.29 is 4.74 Å². The Morgan fingerprint density at radius 3 is 2.56 bits per heavy atom. The quantitative estimate of drug-likeness (QED) is 0.622. The van der Waals surface area contributed by atoms with Gasteiger partial charge in [-0.25, -0.2) is 0 Å². The van der Waals surface area contributed by atoms with Crippen molar-refractivity contribution in [3.8, 4) is 5.75 Å². The third-order valence-corrected chi connectivity index (χ3v) is 2.28. The molecule has 4 heteroatoms. The van der Waals surface area contributed by atoms with Crippen molar-refractivity contribution in [1.29, 1.82) is 0 Å². The average Bonchev–Trinajstić information content (AvgIpc) is 2.29. The van der Waals surface area contributed by atoms with E-state index in [1.165, 1.54) is 0 Å². The number of hydrogen-bond acceptors (Lipinski definition) is 2. The first-order chi connectivity index (χ1) is 7.65. The van der Waals surface area contributed by atoms with Gasteiger partial charge in [0, 0.05) is 11.7 Å². The summed E-state index contributed by atoms with van der Waals surface area (Å²) in [6.45, 7) is 5.66. The molecular weight excluding hydrogens is 220 g/mol. The topological polar surface area (TPSA) is 33.3 Å². The van der Waals surface area contributed by atoms with Crippen molar-refractivity contribution in [3.63, 3.8) is 0 Å². The van der Waals surface area contributed by atoms with E-state index in [1.807, 2.05) is 31.2 Å². The smallest absolute Gasteiger partial charge is 0.171 e. The molecule has 0 saturated heterocycles. The molecule has 1 atom stereocenters. The summed E-state index contributed by atoms with van der Waals surface area (Å²) in [7, 11) is 1.64. The Bertz CT molecular complexity index is 362. The van der Waals surface area contributed by atoms with Crippen LogP contribution in [0.25, 0.3) is 0 Å². The second kappa shape index (κ2) is 6.12. The fourth-order valence-corrected chi connectivity index (χ4v) is 1.41. The molecule has 0 aliphatic heterocycles. The minimum Gasteiger partial charge on any atom is -0.497 e. The fourth-order valence-electron chi connectivity index (χ4n) is 1.11. The summed E-state index contributed by atoms with van der Waals surface area (Å²) in [5.41, 5.74) is 0.926. The molecule has 0 fully saturated rings. The predicted molar refractivity (Wildman–Crippen MR) is 72.0 cm³/mol. The van der Waals surface area contributed by atoms with E-state index in [2.05, 4.69) is 17.2 Å². The van der Waals surface area contributed by atoms with E-state index >= 15 is 0 Å². The van der Waals surface area contributed by atoms with Crippen LogP contribution in [-0.2, 0) is 0 Å². The van der Waals surface area contributed by atoms with Gasteiger partial charge in [-0.1, -0.05) is 6.08 Å². The number of thiocarbonyl (C=S) groups is 1. The van der Waals surface area contributed by atoms with Crippen LogP contribution < -0.4 is 15.4 Å². The Labute approximate surface area is 102 Å². The van der Waals surface area contributed by atoms with Gasteiger partial charge in [0.25, 0.3) is 0 Å². The Morgan fingerprint density at radius 1 is 1.44 bits per heavy atom. The maximum Gasteiger partial charge on any atom is 0.171 e. The molecule has 0 bridgehead atoms. The first kappa shape index (κ1) is 12.5. The summed E-state index contributed by atoms with van der Waals surface area (Å²) in [5, 5.41) is 6.73. The van der Waals surface area contributed by atoms with Crippen LogP contribution in [0.1, 0.15) is 6.92 Å². The zero-order chi connectivity index (χ0) is 12.0. The van der Waals surface area contributed by atoms with Gasteiger partial charge in [0.1, 0.15) is 5.75 Å². The highest BCUT2D eigenvalue weighted by molar-refractivity contribution is 7.80. The van der Waals surface area contributed by atoms with Gasteiger partial charge in [-0.05, 0) is 43.4 Å². The van der Waals surface area contributed by atoms with Crippen LogP contribution in [-0.4, -0.2) is 18.3 Å². The van der Waals surface area contributed by atoms with Crippen molar-refractivity contribution in [2.24, 2.45) is 0 Å². The third kappa shape index (κ3) is 3.90. The lowest BCUT2D eigenvalue weighted by molar-refractivity contribution is 0.415. The molecule has 0 radical (unpaired) electrons. The van der Waals surface area contributed by atoms with Crippen molar-refractivity contribution in [1.82, 2.24) is 5.32 Å². The Balaban J connectivity index is 2.52. The number of ether oxygens (including phenoxy) is 1. The highest BCUT2D eigenvalue weighted by Gasteiger charge is 2.00. The number of rotatable bonds is 4. The molecule has 1 aromatic rings. The lowest BCUT2D eigenvalue weighted by Gasteiger charge is -2.13. The van der Waals surface area contributed by atoms with Crippen LogP contribution in [0.3, 0.4) is 0 Å². The molecule has 0 aliphatic rings. The zero-order valence-corrected chi connectivity index (χ0v) is 10.3. The predicted octanol–water partition coefficient (Wildman–Crippen LogP) is 2.56. The Kier molecular flexibility index (Phi) is 4.79. The molecule has 0 heterocycles. The van der Waals surface area contributed by atoms with E-state index < -0.39 is 0 Å². The summed E-state index contributed by atoms with van der Waals surface area (Å²) in [4.78, 5) is 0. The molecule has 3 nitrogen and oxygen atoms in total. The molecule has 16 heavy (non-hydrogen) atoms. The molecule has 0 spiro atoms. The lowest BCUT2D eigenvalue weighted by Crippen LogP contribution is -2.34. The molecule has 0 aromatic heterocycles. The number of hydrogen-bond donors (Lipinski definition) is 2. The van der Waals surface area contributed by atoms with Crippen LogP contribution in [0.2, 0.25) is 0 Å². The van der Waals surface area contributed by atoms with Crippen molar-refractivity contribution in [2.45, 2.75) is 13.0 Å². The van der Waals surface area contributed by atoms with Crippen molar-refractivity contribution in [3.05, 3.63) is 36.9 Å². The van der Waals surface area contributed by atoms with Gasteiger partial charge in [-0.2, -0.15) is 0 Å². The number of anilines is 1. The number of benzene rings is 1. The average molecular weight is 236 g/mol. The molecule has 1 unspecified atom stereocenters. The molecule has 0 saturated carbocycles. The van der Waals surface area contributed by atoms with E-state index in [4.69, 9.17) is 17.0 Å². The van der Waals surface area contributed by atoms with E-state index in [9.17, 15) is 0 Å². The monoisotopic (exact) mass is 236 g/mol. The van der Waals surface area contributed by atoms with Gasteiger partial charge < -0.3 is 15.4 Å². The SMILES string of the molecule is C=CC(C)NC(=S)Nc1ccc(OC)cc1. The highest BCUT2D eigenvalue weighted by Crippen LogP contribution is 2.14. The van der Waals surface area contributed by atoms with E-state index in [0.29, 0.717) is 5.11 Å². The van der Waals surface area contributed by atoms with Gasteiger partial charge in [0.15, 0.2) is 5.11 Å². The second-order valence-electron chi connectivity index (χ2n) is 3.35. The van der Waals surface area contributed by atoms with Crippen LogP contribution >= 0.6 is 12.2 Å². The molecule has 2 N–H and O–H groups in total. The summed E-state index contributed by atoms with van der Waals surface area (Å²) in [6, 6.07) is 7.72. The summed E-state index contributed by atoms with van der Waals surface area (Å²) >= 11 is 5.14. The van der Waals surface area contributed by atoms with Gasteiger partial charge >= 0.3 is 0 Å². The minimum atomic E-state index is 0.151. The summed E-state index contributed by atoms with van der Waals surface area (Å²) in [6.07, 6.45) is 1.79. The summed E-state index contributed by atoms with van der Waals surface area (Å²) < 4.78 is 5.07. The minimum absolute atomic E-state index is 0.151. The highest BCUT2D eigenvalue weighted by atomic mass is 32.1. The van der Waals surface area contributed by atoms with Gasteiger partial charge in [0.05, 0.1) is 7.11 Å². The van der Waals surface area contributed by atoms with E-state index in [1.54, 1.807) is 13.2 Å². The first-order valence-electron chi connectivity index (χ1n) is 5.00. The molecule has 0 amide bonds. The van der Waals surface area contributed by atoms with Gasteiger partial charge in [-0.15, -0.1) is 6.58 Å². The van der Waals surface area contributed by atoms with Gasteiger partial charge in [-0.3, -0.25) is 0 Å². The second-order valence-corrected chi connectivity index (χ2v) is 3.76. The van der Waals surface area contributed by atoms with Crippen LogP contribution in [0.5, 0.6) is 5.75 Å². The van der Waals surface area contributed by atoms with E-state index in [-0.39, 0.29) is 6.04 Å². The van der Waals surface area contributed by atoms with Gasteiger partial charge in [0.2, 0.25) is 0 Å². The fraction of sp³-hybridized carbons (Fsp3) is 0.250. The van der Waals surface area contributed by atoms with E-state index in [0.717, 1.165) is 11.4 Å². The maximum atomic E-state index is 5.14. The number of methoxy groups -OCH3 is 1. The molecule has 1 rings (SSSR count). The zero-order valence-electron chi connectivity index (χ0n) is 9.49. The molecule has 86 valence electrons. The number of nitrogens with one attached hydrogen (secondary N) is 2. The van der Waals surface area contributed by atoms with Crippen LogP contribution in [0, 0.1) is 0 Å². The first-order valence-corrected chi connectivity index (χ1v) is 5.40. The Morgan fingerprint density at radius 2 is 2.06 bits per heavy atom.